The van der Waals surface area contributed by atoms with E-state index in [0.717, 1.165) is 9.80 Å². The number of aliphatic hydroxyl groups is 5. The minimum absolute atomic E-state index is 0.0911. The summed E-state index contributed by atoms with van der Waals surface area (Å²) in [5.41, 5.74) is -7.02. The number of hydrogen-bond acceptors (Lipinski definition) is 20. The van der Waals surface area contributed by atoms with Crippen molar-refractivity contribution in [2.24, 2.45) is 0 Å². The molecule has 0 aromatic heterocycles. The van der Waals surface area contributed by atoms with Gasteiger partial charge in [0.25, 0.3) is 0 Å². The highest BCUT2D eigenvalue weighted by Gasteiger charge is 2.54. The standard InChI is InChI=1S/C49H87FN6O19/c1-44(2,3)71-39(61)51-23-30(57)36(60)52-28-22-29(54-41(63)73-46(7,8)9)34(31(58)33(28)70-38-32(59)35(49(16,66)25-67-38)55(17)42(64)74-47(10,11)12)69-37-27(53-40(62)72-45(4,5)6)19-18-26(68-37)24-56(21-20-50)43(65)75-48(13,14)15/h22,26-28,30-38,52,57-60,66H,18-21,23-25H2,1-17H3,(H,51,61)(H,53,62)(H,54,63)/t26-,27?,28+,30-,31?,32?,33?,34?,35+,36?,37+,38+,49?/m0/s1. The molecule has 0 spiro atoms. The van der Waals surface area contributed by atoms with Crippen molar-refractivity contribution in [3.63, 3.8) is 0 Å². The number of carbonyl (C=O) groups excluding carboxylic acids is 5. The summed E-state index contributed by atoms with van der Waals surface area (Å²) in [6, 6.07) is -4.04. The predicted molar refractivity (Wildman–Crippen MR) is 265 cm³/mol. The molecule has 0 radical (unpaired) electrons. The molecule has 2 fully saturated rings. The molecule has 1 aliphatic carbocycles. The first-order valence-corrected chi connectivity index (χ1v) is 25.0. The maximum Gasteiger partial charge on any atom is 0.411 e. The van der Waals surface area contributed by atoms with Crippen LogP contribution in [0.15, 0.2) is 11.8 Å². The summed E-state index contributed by atoms with van der Waals surface area (Å²) in [4.78, 5) is 68.2. The van der Waals surface area contributed by atoms with E-state index >= 15 is 0 Å². The lowest BCUT2D eigenvalue weighted by molar-refractivity contribution is -0.307. The number of alkyl halides is 1. The van der Waals surface area contributed by atoms with Crippen LogP contribution >= 0.6 is 0 Å². The molecule has 2 heterocycles. The lowest BCUT2D eigenvalue weighted by Crippen LogP contribution is -2.69. The first kappa shape index (κ1) is 64.9. The summed E-state index contributed by atoms with van der Waals surface area (Å²) in [6.07, 6.45) is -18.5. The third kappa shape index (κ3) is 21.5. The van der Waals surface area contributed by atoms with Gasteiger partial charge in [-0.2, -0.15) is 0 Å². The van der Waals surface area contributed by atoms with E-state index in [1.165, 1.54) is 20.0 Å². The van der Waals surface area contributed by atoms with Gasteiger partial charge in [0.15, 0.2) is 12.6 Å². The fourth-order valence-electron chi connectivity index (χ4n) is 7.98. The number of carbonyl (C=O) groups is 5. The highest BCUT2D eigenvalue weighted by Crippen LogP contribution is 2.35. The molecular weight excluding hydrogens is 996 g/mol. The number of rotatable bonds is 16. The first-order valence-electron chi connectivity index (χ1n) is 25.0. The molecule has 0 aromatic rings. The lowest BCUT2D eigenvalue weighted by Gasteiger charge is -2.49. The summed E-state index contributed by atoms with van der Waals surface area (Å²) in [5.74, 6) is 0. The van der Waals surface area contributed by atoms with Crippen molar-refractivity contribution < 1.29 is 96.5 Å². The Labute approximate surface area is 439 Å². The van der Waals surface area contributed by atoms with Gasteiger partial charge in [0.2, 0.25) is 0 Å². The van der Waals surface area contributed by atoms with Crippen LogP contribution in [0.25, 0.3) is 0 Å². The summed E-state index contributed by atoms with van der Waals surface area (Å²) >= 11 is 0. The summed E-state index contributed by atoms with van der Waals surface area (Å²) < 4.78 is 66.5. The zero-order valence-electron chi connectivity index (χ0n) is 46.7. The molecule has 75 heavy (non-hydrogen) atoms. The molecule has 434 valence electrons. The summed E-state index contributed by atoms with van der Waals surface area (Å²) in [7, 11) is 1.28. The zero-order valence-corrected chi connectivity index (χ0v) is 46.7. The molecule has 25 nitrogen and oxygen atoms in total. The topological polar surface area (TPSA) is 324 Å². The van der Waals surface area contributed by atoms with Crippen molar-refractivity contribution in [3.05, 3.63) is 11.8 Å². The van der Waals surface area contributed by atoms with E-state index in [0.29, 0.717) is 0 Å². The Morgan fingerprint density at radius 3 is 1.84 bits per heavy atom. The van der Waals surface area contributed by atoms with Crippen molar-refractivity contribution >= 4 is 30.5 Å². The van der Waals surface area contributed by atoms with Crippen LogP contribution in [0.4, 0.5) is 28.4 Å². The van der Waals surface area contributed by atoms with Gasteiger partial charge in [-0.05, 0) is 130 Å². The fourth-order valence-corrected chi connectivity index (χ4v) is 7.98. The fraction of sp³-hybridized carbons (Fsp3) is 0.857. The monoisotopic (exact) mass is 1080 g/mol. The molecule has 9 N–H and O–H groups in total. The van der Waals surface area contributed by atoms with Gasteiger partial charge in [0.05, 0.1) is 56.2 Å². The van der Waals surface area contributed by atoms with E-state index < -0.39 is 157 Å². The van der Waals surface area contributed by atoms with E-state index in [1.807, 2.05) is 0 Å². The second-order valence-electron chi connectivity index (χ2n) is 24.1. The van der Waals surface area contributed by atoms with Crippen molar-refractivity contribution in [1.82, 2.24) is 31.1 Å². The van der Waals surface area contributed by atoms with Crippen LogP contribution in [0.2, 0.25) is 0 Å². The second-order valence-corrected chi connectivity index (χ2v) is 24.1. The molecule has 2 aliphatic heterocycles. The molecular formula is C49H87FN6O19. The lowest BCUT2D eigenvalue weighted by atomic mass is 9.87. The van der Waals surface area contributed by atoms with Gasteiger partial charge in [-0.3, -0.25) is 10.6 Å². The number of nitrogens with zero attached hydrogens (tertiary/aromatic N) is 2. The number of amides is 5. The number of alkyl carbamates (subject to hydrolysis) is 3. The highest BCUT2D eigenvalue weighted by atomic mass is 19.1. The first-order chi connectivity index (χ1) is 34.1. The van der Waals surface area contributed by atoms with Crippen molar-refractivity contribution in [3.8, 4) is 0 Å². The van der Waals surface area contributed by atoms with E-state index in [9.17, 15) is 53.9 Å². The molecule has 0 aromatic carbocycles. The van der Waals surface area contributed by atoms with Crippen LogP contribution in [0, 0.1) is 0 Å². The minimum atomic E-state index is -2.03. The number of aliphatic hydroxyl groups excluding tert-OH is 4. The van der Waals surface area contributed by atoms with Crippen LogP contribution < -0.4 is 21.3 Å². The smallest absolute Gasteiger partial charge is 0.411 e. The predicted octanol–water partition coefficient (Wildman–Crippen LogP) is 3.01. The second kappa shape index (κ2) is 25.8. The molecule has 2 saturated heterocycles. The Balaban J connectivity index is 2.21. The Bertz CT molecular complexity index is 1950. The number of nitrogens with one attached hydrogen (secondary N) is 4. The molecule has 0 bridgehead atoms. The largest absolute Gasteiger partial charge is 0.444 e. The molecule has 7 unspecified atom stereocenters. The van der Waals surface area contributed by atoms with Gasteiger partial charge >= 0.3 is 30.5 Å². The van der Waals surface area contributed by atoms with Gasteiger partial charge in [-0.1, -0.05) is 0 Å². The summed E-state index contributed by atoms with van der Waals surface area (Å²) in [6.45, 7) is 23.1. The van der Waals surface area contributed by atoms with Gasteiger partial charge < -0.3 is 88.6 Å². The minimum Gasteiger partial charge on any atom is -0.444 e. The highest BCUT2D eigenvalue weighted by molar-refractivity contribution is 5.71. The van der Waals surface area contributed by atoms with Crippen LogP contribution in [0.3, 0.4) is 0 Å². The molecule has 0 saturated carbocycles. The molecule has 3 aliphatic rings. The van der Waals surface area contributed by atoms with E-state index in [4.69, 9.17) is 42.6 Å². The maximum atomic E-state index is 13.9. The van der Waals surface area contributed by atoms with Gasteiger partial charge in [0, 0.05) is 7.05 Å². The Morgan fingerprint density at radius 2 is 1.29 bits per heavy atom. The van der Waals surface area contributed by atoms with Crippen LogP contribution in [-0.4, -0.2) is 213 Å². The van der Waals surface area contributed by atoms with Gasteiger partial charge in [0.1, 0.15) is 77.0 Å². The van der Waals surface area contributed by atoms with Crippen LogP contribution in [-0.2, 0) is 42.6 Å². The zero-order chi connectivity index (χ0) is 57.4. The Kier molecular flexibility index (Phi) is 22.4. The van der Waals surface area contributed by atoms with E-state index in [2.05, 4.69) is 21.3 Å². The van der Waals surface area contributed by atoms with E-state index in [1.54, 1.807) is 104 Å². The normalized spacial score (nSPS) is 28.6. The average Bonchev–Trinajstić information content (AvgIpc) is 3.20. The van der Waals surface area contributed by atoms with Crippen molar-refractivity contribution in [1.29, 1.82) is 0 Å². The number of halogens is 1. The van der Waals surface area contributed by atoms with Crippen LogP contribution in [0.5, 0.6) is 0 Å². The molecule has 3 rings (SSSR count). The van der Waals surface area contributed by atoms with Crippen molar-refractivity contribution in [2.75, 3.05) is 40.0 Å². The van der Waals surface area contributed by atoms with E-state index in [-0.39, 0.29) is 31.6 Å². The SMILES string of the molecule is CN(C(=O)OC(C)(C)C)[C@@H]1C(O)[C@@H](OC2C(O)C(O[C@H]3O[C@H](CN(CCF)C(=O)OC(C)(C)C)CCC3NC(=O)OC(C)(C)C)C(NC(=O)OC(C)(C)C)=C[C@H]2NC(O)[C@@H](O)CNC(=O)OC(C)(C)C)OCC1(C)O. The van der Waals surface area contributed by atoms with Gasteiger partial charge in [-0.15, -0.1) is 0 Å². The summed E-state index contributed by atoms with van der Waals surface area (Å²) in [5, 5.41) is 69.1. The molecule has 26 heteroatoms. The maximum absolute atomic E-state index is 13.9. The van der Waals surface area contributed by atoms with Crippen LogP contribution in [0.1, 0.15) is 124 Å². The number of hydrogen-bond donors (Lipinski definition) is 9. The average molecular weight is 1080 g/mol. The Hall–Kier alpha value is -4.38. The molecule has 13 atom stereocenters. The van der Waals surface area contributed by atoms with Crippen molar-refractivity contribution in [2.45, 2.75) is 231 Å². The molecule has 5 amide bonds. The third-order valence-corrected chi connectivity index (χ3v) is 10.9. The number of likely N-dealkylation sites (N-methyl/N-ethyl adjacent to an activating group) is 1. The van der Waals surface area contributed by atoms with Gasteiger partial charge in [-0.25, -0.2) is 28.4 Å². The Morgan fingerprint density at radius 1 is 0.760 bits per heavy atom. The third-order valence-electron chi connectivity index (χ3n) is 10.9. The quantitative estimate of drug-likeness (QED) is 0.0792. The number of ether oxygens (including phenoxy) is 9.